The topological polar surface area (TPSA) is 58.6 Å². The number of nitrogens with zero attached hydrogens (tertiary/aromatic N) is 2. The van der Waals surface area contributed by atoms with Crippen LogP contribution < -0.4 is 0 Å². The summed E-state index contributed by atoms with van der Waals surface area (Å²) >= 11 is 0. The molecule has 0 radical (unpaired) electrons. The number of rotatable bonds is 6. The molecule has 0 saturated carbocycles. The molecule has 58 heavy (non-hydrogen) atoms. The summed E-state index contributed by atoms with van der Waals surface area (Å²) in [5.74, 6) is 0.669. The van der Waals surface area contributed by atoms with E-state index in [1.807, 2.05) is 36.4 Å². The second-order valence-corrected chi connectivity index (χ2v) is 18.6. The zero-order valence-electron chi connectivity index (χ0n) is 35.1. The van der Waals surface area contributed by atoms with Gasteiger partial charge < -0.3 is 9.52 Å². The molecule has 1 heterocycles. The molecular formula is C54H52N2O2. The standard InChI is InChI=1S/C54H52N2O2/c1-52(2,3)40-25-26-48(57)39(29-40)33-55-47-20-13-12-18-45(47)51-56-50-46(44-19-14-16-36-15-10-11-17-43(36)44)30-38(31-49(50)58-51)35-23-21-34(22-24-35)37-27-41(53(4,5)6)32-42(28-37)54(7,8)9/h10-33,57H,1-9H3. The van der Waals surface area contributed by atoms with Gasteiger partial charge in [0, 0.05) is 17.3 Å². The Balaban J connectivity index is 1.25. The van der Waals surface area contributed by atoms with E-state index in [4.69, 9.17) is 14.4 Å². The molecule has 1 N–H and O–H groups in total. The molecule has 0 bridgehead atoms. The van der Waals surface area contributed by atoms with Crippen molar-refractivity contribution in [2.75, 3.05) is 0 Å². The van der Waals surface area contributed by atoms with Gasteiger partial charge in [0.05, 0.1) is 11.3 Å². The van der Waals surface area contributed by atoms with Crippen LogP contribution in [0.25, 0.3) is 66.7 Å². The molecule has 0 unspecified atom stereocenters. The van der Waals surface area contributed by atoms with Crippen LogP contribution in [0.1, 0.15) is 84.6 Å². The summed E-state index contributed by atoms with van der Waals surface area (Å²) < 4.78 is 6.72. The second kappa shape index (κ2) is 14.6. The molecule has 0 aliphatic heterocycles. The first-order chi connectivity index (χ1) is 27.5. The highest BCUT2D eigenvalue weighted by Crippen LogP contribution is 2.41. The van der Waals surface area contributed by atoms with Crippen LogP contribution in [0.4, 0.5) is 5.69 Å². The van der Waals surface area contributed by atoms with Crippen LogP contribution in [0.3, 0.4) is 0 Å². The van der Waals surface area contributed by atoms with Gasteiger partial charge in [-0.05, 0) is 108 Å². The quantitative estimate of drug-likeness (QED) is 0.172. The van der Waals surface area contributed by atoms with Crippen LogP contribution in [0.5, 0.6) is 5.75 Å². The largest absolute Gasteiger partial charge is 0.507 e. The zero-order valence-corrected chi connectivity index (χ0v) is 35.1. The number of hydrogen-bond acceptors (Lipinski definition) is 4. The summed E-state index contributed by atoms with van der Waals surface area (Å²) in [4.78, 5) is 10.1. The SMILES string of the molecule is CC(C)(C)c1cc(-c2ccc(-c3cc(-c4cccc5ccccc45)c4nc(-c5ccccc5N=Cc5cc(C(C)(C)C)ccc5O)oc4c3)cc2)cc(C(C)(C)C)c1. The van der Waals surface area contributed by atoms with E-state index in [9.17, 15) is 5.11 Å². The van der Waals surface area contributed by atoms with Crippen molar-refractivity contribution in [1.82, 2.24) is 4.98 Å². The van der Waals surface area contributed by atoms with Gasteiger partial charge in [0.25, 0.3) is 0 Å². The number of benzene rings is 7. The number of aromatic nitrogens is 1. The lowest BCUT2D eigenvalue weighted by Crippen LogP contribution is -2.16. The summed E-state index contributed by atoms with van der Waals surface area (Å²) in [6, 6.07) is 48.8. The van der Waals surface area contributed by atoms with Crippen molar-refractivity contribution in [3.63, 3.8) is 0 Å². The molecule has 0 atom stereocenters. The first kappa shape index (κ1) is 38.6. The Hall–Kier alpha value is -6.26. The van der Waals surface area contributed by atoms with Crippen molar-refractivity contribution >= 4 is 33.8 Å². The fraction of sp³-hybridized carbons (Fsp3) is 0.222. The predicted octanol–water partition coefficient (Wildman–Crippen LogP) is 15.0. The highest BCUT2D eigenvalue weighted by Gasteiger charge is 2.22. The van der Waals surface area contributed by atoms with E-state index in [0.717, 1.165) is 49.7 Å². The first-order valence-corrected chi connectivity index (χ1v) is 20.2. The average Bonchev–Trinajstić information content (AvgIpc) is 3.63. The third kappa shape index (κ3) is 7.72. The summed E-state index contributed by atoms with van der Waals surface area (Å²) in [5.41, 5.74) is 14.1. The van der Waals surface area contributed by atoms with Crippen molar-refractivity contribution in [3.8, 4) is 50.6 Å². The molecule has 290 valence electrons. The molecule has 7 aromatic carbocycles. The second-order valence-electron chi connectivity index (χ2n) is 18.6. The Labute approximate surface area is 343 Å². The number of aromatic hydroxyl groups is 1. The lowest BCUT2D eigenvalue weighted by Gasteiger charge is -2.26. The number of oxazole rings is 1. The van der Waals surface area contributed by atoms with Crippen LogP contribution in [-0.4, -0.2) is 16.3 Å². The van der Waals surface area contributed by atoms with Gasteiger partial charge in [-0.2, -0.15) is 0 Å². The number of hydrogen-bond donors (Lipinski definition) is 1. The highest BCUT2D eigenvalue weighted by molar-refractivity contribution is 6.05. The van der Waals surface area contributed by atoms with Crippen LogP contribution in [-0.2, 0) is 16.2 Å². The lowest BCUT2D eigenvalue weighted by molar-refractivity contribution is 0.473. The Morgan fingerprint density at radius 3 is 1.78 bits per heavy atom. The molecule has 1 aromatic heterocycles. The molecule has 0 fully saturated rings. The van der Waals surface area contributed by atoms with Crippen LogP contribution in [0.15, 0.2) is 149 Å². The average molecular weight is 761 g/mol. The molecule has 0 saturated heterocycles. The van der Waals surface area contributed by atoms with Crippen LogP contribution in [0.2, 0.25) is 0 Å². The fourth-order valence-electron chi connectivity index (χ4n) is 7.52. The third-order valence-electron chi connectivity index (χ3n) is 11.2. The van der Waals surface area contributed by atoms with E-state index in [1.54, 1.807) is 12.3 Å². The van der Waals surface area contributed by atoms with Crippen molar-refractivity contribution in [3.05, 3.63) is 162 Å². The van der Waals surface area contributed by atoms with E-state index in [-0.39, 0.29) is 22.0 Å². The summed E-state index contributed by atoms with van der Waals surface area (Å²) in [7, 11) is 0. The maximum absolute atomic E-state index is 10.7. The predicted molar refractivity (Wildman–Crippen MR) is 245 cm³/mol. The molecule has 4 heteroatoms. The minimum absolute atomic E-state index is 0.0349. The monoisotopic (exact) mass is 760 g/mol. The Bertz CT molecular complexity index is 2800. The van der Waals surface area contributed by atoms with Gasteiger partial charge in [0.15, 0.2) is 5.58 Å². The molecule has 0 amide bonds. The van der Waals surface area contributed by atoms with Gasteiger partial charge in [-0.15, -0.1) is 0 Å². The smallest absolute Gasteiger partial charge is 0.229 e. The van der Waals surface area contributed by atoms with Gasteiger partial charge in [-0.1, -0.05) is 165 Å². The van der Waals surface area contributed by atoms with Gasteiger partial charge in [0.2, 0.25) is 5.89 Å². The van der Waals surface area contributed by atoms with Gasteiger partial charge in [0.1, 0.15) is 11.3 Å². The van der Waals surface area contributed by atoms with E-state index >= 15 is 0 Å². The minimum atomic E-state index is -0.0662. The molecule has 8 aromatic rings. The Kier molecular flexibility index (Phi) is 9.72. The molecule has 0 aliphatic carbocycles. The number of fused-ring (bicyclic) bond motifs is 2. The molecule has 0 spiro atoms. The minimum Gasteiger partial charge on any atom is -0.507 e. The van der Waals surface area contributed by atoms with Crippen molar-refractivity contribution in [2.45, 2.75) is 78.6 Å². The first-order valence-electron chi connectivity index (χ1n) is 20.2. The molecular weight excluding hydrogens is 709 g/mol. The maximum Gasteiger partial charge on any atom is 0.229 e. The zero-order chi connectivity index (χ0) is 41.0. The van der Waals surface area contributed by atoms with Crippen molar-refractivity contribution in [2.24, 2.45) is 4.99 Å². The molecule has 4 nitrogen and oxygen atoms in total. The van der Waals surface area contributed by atoms with Crippen molar-refractivity contribution < 1.29 is 9.52 Å². The summed E-state index contributed by atoms with van der Waals surface area (Å²) in [5, 5.41) is 13.0. The Morgan fingerprint density at radius 1 is 0.517 bits per heavy atom. The number of phenolic OH excluding ortho intramolecular Hbond substituents is 1. The summed E-state index contributed by atoms with van der Waals surface area (Å²) in [6.07, 6.45) is 1.72. The molecule has 0 aliphatic rings. The van der Waals surface area contributed by atoms with Crippen LogP contribution in [0, 0.1) is 0 Å². The van der Waals surface area contributed by atoms with E-state index < -0.39 is 0 Å². The van der Waals surface area contributed by atoms with E-state index in [1.165, 1.54) is 22.3 Å². The van der Waals surface area contributed by atoms with Crippen LogP contribution >= 0.6 is 0 Å². The van der Waals surface area contributed by atoms with Gasteiger partial charge >= 0.3 is 0 Å². The van der Waals surface area contributed by atoms with Gasteiger partial charge in [-0.3, -0.25) is 4.99 Å². The van der Waals surface area contributed by atoms with E-state index in [2.05, 4.69) is 159 Å². The highest BCUT2D eigenvalue weighted by atomic mass is 16.3. The van der Waals surface area contributed by atoms with E-state index in [0.29, 0.717) is 22.7 Å². The number of para-hydroxylation sites is 1. The van der Waals surface area contributed by atoms with Gasteiger partial charge in [-0.25, -0.2) is 4.98 Å². The fourth-order valence-corrected chi connectivity index (χ4v) is 7.52. The molecule has 8 rings (SSSR count). The third-order valence-corrected chi connectivity index (χ3v) is 11.2. The number of aliphatic imine (C=N–C) groups is 1. The lowest BCUT2D eigenvalue weighted by atomic mass is 9.79. The normalized spacial score (nSPS) is 12.6. The maximum atomic E-state index is 10.7. The number of phenols is 1. The summed E-state index contributed by atoms with van der Waals surface area (Å²) in [6.45, 7) is 20.2. The Morgan fingerprint density at radius 2 is 1.10 bits per heavy atom. The van der Waals surface area contributed by atoms with Crippen molar-refractivity contribution in [1.29, 1.82) is 0 Å².